The third kappa shape index (κ3) is 2.39. The van der Waals surface area contributed by atoms with Crippen LogP contribution < -0.4 is 5.32 Å². The highest BCUT2D eigenvalue weighted by molar-refractivity contribution is 7.12. The van der Waals surface area contributed by atoms with E-state index in [2.05, 4.69) is 31.3 Å². The lowest BCUT2D eigenvalue weighted by atomic mass is 9.81. The monoisotopic (exact) mass is 220 g/mol. The summed E-state index contributed by atoms with van der Waals surface area (Å²) in [5, 5.41) is 12.3. The number of nitrogens with zero attached hydrogens (tertiary/aromatic N) is 1. The molecule has 1 aliphatic carbocycles. The predicted octanol–water partition coefficient (Wildman–Crippen LogP) is 3.07. The van der Waals surface area contributed by atoms with Gasteiger partial charge in [-0.25, -0.2) is 0 Å². The van der Waals surface area contributed by atoms with Gasteiger partial charge in [0.15, 0.2) is 0 Å². The molecule has 0 saturated heterocycles. The molecule has 1 atom stereocenters. The van der Waals surface area contributed by atoms with Gasteiger partial charge in [0.1, 0.15) is 10.9 Å². The summed E-state index contributed by atoms with van der Waals surface area (Å²) < 4.78 is 0. The highest BCUT2D eigenvalue weighted by atomic mass is 32.1. The lowest BCUT2D eigenvalue weighted by molar-refractivity contribution is 0.227. The van der Waals surface area contributed by atoms with Crippen LogP contribution in [0.5, 0.6) is 0 Å². The molecule has 2 rings (SSSR count). The number of hydrogen-bond donors (Lipinski definition) is 1. The van der Waals surface area contributed by atoms with E-state index in [9.17, 15) is 0 Å². The lowest BCUT2D eigenvalue weighted by Gasteiger charge is -2.35. The van der Waals surface area contributed by atoms with Gasteiger partial charge in [0.25, 0.3) is 0 Å². The fourth-order valence-electron chi connectivity index (χ4n) is 2.12. The molecule has 1 N–H and O–H groups in total. The highest BCUT2D eigenvalue weighted by Gasteiger charge is 2.26. The summed E-state index contributed by atoms with van der Waals surface area (Å²) in [4.78, 5) is 2.08. The zero-order valence-electron chi connectivity index (χ0n) is 9.16. The molecule has 15 heavy (non-hydrogen) atoms. The van der Waals surface area contributed by atoms with E-state index >= 15 is 0 Å². The van der Waals surface area contributed by atoms with Crippen LogP contribution in [0.3, 0.4) is 0 Å². The predicted molar refractivity (Wildman–Crippen MR) is 62.8 cm³/mol. The minimum Gasteiger partial charge on any atom is -0.307 e. The Morgan fingerprint density at radius 1 is 1.53 bits per heavy atom. The van der Waals surface area contributed by atoms with Crippen molar-refractivity contribution in [1.82, 2.24) is 5.32 Å². The van der Waals surface area contributed by atoms with Gasteiger partial charge in [0.05, 0.1) is 0 Å². The second-order valence-electron chi connectivity index (χ2n) is 4.48. The molecule has 2 nitrogen and oxygen atoms in total. The quantitative estimate of drug-likeness (QED) is 0.849. The summed E-state index contributed by atoms with van der Waals surface area (Å²) in [7, 11) is 0. The van der Waals surface area contributed by atoms with Crippen molar-refractivity contribution in [1.29, 1.82) is 5.26 Å². The van der Waals surface area contributed by atoms with Crippen LogP contribution in [0.15, 0.2) is 12.1 Å². The van der Waals surface area contributed by atoms with Gasteiger partial charge in [-0.05, 0) is 37.8 Å². The minimum atomic E-state index is 0.384. The Kier molecular flexibility index (Phi) is 3.08. The van der Waals surface area contributed by atoms with E-state index in [4.69, 9.17) is 5.26 Å². The zero-order chi connectivity index (χ0) is 10.8. The third-order valence-corrected chi connectivity index (χ3v) is 4.20. The van der Waals surface area contributed by atoms with E-state index in [0.29, 0.717) is 12.1 Å². The molecule has 0 bridgehead atoms. The van der Waals surface area contributed by atoms with Crippen molar-refractivity contribution in [2.75, 3.05) is 0 Å². The van der Waals surface area contributed by atoms with E-state index in [0.717, 1.165) is 10.8 Å². The van der Waals surface area contributed by atoms with Gasteiger partial charge in [0.2, 0.25) is 0 Å². The lowest BCUT2D eigenvalue weighted by Crippen LogP contribution is -2.41. The summed E-state index contributed by atoms with van der Waals surface area (Å²) in [6.45, 7) is 4.47. The van der Waals surface area contributed by atoms with Gasteiger partial charge < -0.3 is 5.32 Å². The van der Waals surface area contributed by atoms with Gasteiger partial charge in [-0.3, -0.25) is 0 Å². The summed E-state index contributed by atoms with van der Waals surface area (Å²) in [6, 6.07) is 7.21. The maximum atomic E-state index is 8.75. The molecule has 1 heterocycles. The second-order valence-corrected chi connectivity index (χ2v) is 5.59. The smallest absolute Gasteiger partial charge is 0.110 e. The molecule has 0 aromatic carbocycles. The second kappa shape index (κ2) is 4.34. The normalized spacial score (nSPS) is 26.7. The van der Waals surface area contributed by atoms with Crippen LogP contribution in [0.25, 0.3) is 0 Å². The van der Waals surface area contributed by atoms with Crippen LogP contribution in [-0.4, -0.2) is 6.04 Å². The average Bonchev–Trinajstić information content (AvgIpc) is 2.63. The molecule has 1 fully saturated rings. The number of thiophene rings is 1. The number of nitrogens with one attached hydrogen (secondary N) is 1. The van der Waals surface area contributed by atoms with Crippen LogP contribution in [0.2, 0.25) is 0 Å². The first-order chi connectivity index (χ1) is 7.19. The van der Waals surface area contributed by atoms with Crippen molar-refractivity contribution in [3.63, 3.8) is 0 Å². The van der Waals surface area contributed by atoms with Crippen molar-refractivity contribution in [2.45, 2.75) is 38.8 Å². The third-order valence-electron chi connectivity index (χ3n) is 3.02. The summed E-state index contributed by atoms with van der Waals surface area (Å²) >= 11 is 1.59. The Labute approximate surface area is 94.9 Å². The van der Waals surface area contributed by atoms with Crippen molar-refractivity contribution in [3.8, 4) is 6.07 Å². The fraction of sp³-hybridized carbons (Fsp3) is 0.583. The largest absolute Gasteiger partial charge is 0.307 e. The molecule has 0 amide bonds. The molecule has 1 saturated carbocycles. The molecular weight excluding hydrogens is 204 g/mol. The fourth-order valence-corrected chi connectivity index (χ4v) is 2.94. The average molecular weight is 220 g/mol. The first-order valence-electron chi connectivity index (χ1n) is 5.45. The van der Waals surface area contributed by atoms with E-state index in [-0.39, 0.29) is 0 Å². The van der Waals surface area contributed by atoms with Crippen molar-refractivity contribution in [3.05, 3.63) is 21.9 Å². The Bertz CT molecular complexity index is 371. The molecule has 1 aromatic rings. The standard InChI is InChI=1S/C12H16N2S/c1-8-5-10(6-8)14-9(2)12-4-3-11(7-13)15-12/h3-4,8-10,14H,5-6H2,1-2H3. The molecule has 0 aliphatic heterocycles. The molecule has 80 valence electrons. The Hall–Kier alpha value is -0.850. The number of nitriles is 1. The Balaban J connectivity index is 1.90. The SMILES string of the molecule is CC1CC(NC(C)c2ccc(C#N)s2)C1. The van der Waals surface area contributed by atoms with Gasteiger partial charge >= 0.3 is 0 Å². The Morgan fingerprint density at radius 2 is 2.27 bits per heavy atom. The zero-order valence-corrected chi connectivity index (χ0v) is 9.97. The molecule has 0 radical (unpaired) electrons. The van der Waals surface area contributed by atoms with Crippen LogP contribution >= 0.6 is 11.3 Å². The van der Waals surface area contributed by atoms with Crippen molar-refractivity contribution >= 4 is 11.3 Å². The van der Waals surface area contributed by atoms with Crippen molar-refractivity contribution < 1.29 is 0 Å². The molecule has 1 aromatic heterocycles. The van der Waals surface area contributed by atoms with Crippen LogP contribution in [0, 0.1) is 17.2 Å². The van der Waals surface area contributed by atoms with E-state index < -0.39 is 0 Å². The topological polar surface area (TPSA) is 35.8 Å². The number of rotatable bonds is 3. The molecule has 3 heteroatoms. The van der Waals surface area contributed by atoms with E-state index in [1.807, 2.05) is 6.07 Å². The van der Waals surface area contributed by atoms with Gasteiger partial charge in [-0.2, -0.15) is 5.26 Å². The highest BCUT2D eigenvalue weighted by Crippen LogP contribution is 2.30. The first kappa shape index (κ1) is 10.7. The summed E-state index contributed by atoms with van der Waals surface area (Å²) in [5.41, 5.74) is 0. The summed E-state index contributed by atoms with van der Waals surface area (Å²) in [6.07, 6.45) is 2.58. The summed E-state index contributed by atoms with van der Waals surface area (Å²) in [5.74, 6) is 0.882. The number of hydrogen-bond acceptors (Lipinski definition) is 3. The van der Waals surface area contributed by atoms with Gasteiger partial charge in [0, 0.05) is 17.0 Å². The van der Waals surface area contributed by atoms with Crippen molar-refractivity contribution in [2.24, 2.45) is 5.92 Å². The minimum absolute atomic E-state index is 0.384. The van der Waals surface area contributed by atoms with E-state index in [1.54, 1.807) is 11.3 Å². The van der Waals surface area contributed by atoms with Crippen LogP contribution in [-0.2, 0) is 0 Å². The molecular formula is C12H16N2S. The van der Waals surface area contributed by atoms with Crippen LogP contribution in [0.4, 0.5) is 0 Å². The Morgan fingerprint density at radius 3 is 2.80 bits per heavy atom. The molecule has 0 spiro atoms. The first-order valence-corrected chi connectivity index (χ1v) is 6.26. The molecule has 1 aliphatic rings. The van der Waals surface area contributed by atoms with E-state index in [1.165, 1.54) is 17.7 Å². The maximum Gasteiger partial charge on any atom is 0.110 e. The van der Waals surface area contributed by atoms with Crippen LogP contribution in [0.1, 0.15) is 42.5 Å². The maximum absolute atomic E-state index is 8.75. The molecule has 1 unspecified atom stereocenters. The van der Waals surface area contributed by atoms with Gasteiger partial charge in [-0.15, -0.1) is 11.3 Å². The van der Waals surface area contributed by atoms with Gasteiger partial charge in [-0.1, -0.05) is 6.92 Å².